The smallest absolute Gasteiger partial charge is 0.387 e. The second-order valence-electron chi connectivity index (χ2n) is 4.48. The predicted octanol–water partition coefficient (Wildman–Crippen LogP) is 4.08. The fourth-order valence-corrected chi connectivity index (χ4v) is 1.93. The van der Waals surface area contributed by atoms with E-state index in [1.54, 1.807) is 30.3 Å². The first-order valence-electron chi connectivity index (χ1n) is 6.37. The highest BCUT2D eigenvalue weighted by Gasteiger charge is 2.09. The van der Waals surface area contributed by atoms with Gasteiger partial charge in [-0.2, -0.15) is 14.0 Å². The molecule has 0 aliphatic carbocycles. The van der Waals surface area contributed by atoms with Crippen molar-refractivity contribution in [2.45, 2.75) is 20.1 Å². The third kappa shape index (κ3) is 3.93. The number of alkyl halides is 2. The lowest BCUT2D eigenvalue weighted by Gasteiger charge is -2.13. The van der Waals surface area contributed by atoms with Crippen molar-refractivity contribution in [3.8, 4) is 11.8 Å². The number of ether oxygens (including phenoxy) is 1. The van der Waals surface area contributed by atoms with Crippen LogP contribution < -0.4 is 10.1 Å². The first-order chi connectivity index (χ1) is 10.1. The van der Waals surface area contributed by atoms with Crippen molar-refractivity contribution in [1.82, 2.24) is 0 Å². The van der Waals surface area contributed by atoms with Crippen LogP contribution in [0.3, 0.4) is 0 Å². The van der Waals surface area contributed by atoms with Gasteiger partial charge in [-0.05, 0) is 30.7 Å². The van der Waals surface area contributed by atoms with Gasteiger partial charge in [-0.15, -0.1) is 0 Å². The van der Waals surface area contributed by atoms with Crippen molar-refractivity contribution in [3.63, 3.8) is 0 Å². The third-order valence-corrected chi connectivity index (χ3v) is 3.02. The lowest BCUT2D eigenvalue weighted by molar-refractivity contribution is -0.0504. The molecule has 0 radical (unpaired) electrons. The Bertz CT molecular complexity index is 666. The van der Waals surface area contributed by atoms with E-state index in [0.29, 0.717) is 17.7 Å². The van der Waals surface area contributed by atoms with E-state index in [2.05, 4.69) is 16.1 Å². The van der Waals surface area contributed by atoms with Gasteiger partial charge in [-0.25, -0.2) is 0 Å². The molecule has 0 aromatic heterocycles. The molecule has 2 aromatic carbocycles. The zero-order valence-corrected chi connectivity index (χ0v) is 11.4. The molecule has 2 rings (SSSR count). The maximum atomic E-state index is 12.3. The number of nitrogens with zero attached hydrogens (tertiary/aromatic N) is 1. The minimum Gasteiger partial charge on any atom is -0.434 e. The number of hydrogen-bond donors (Lipinski definition) is 1. The lowest BCUT2D eigenvalue weighted by Crippen LogP contribution is -2.07. The molecule has 0 heterocycles. The summed E-state index contributed by atoms with van der Waals surface area (Å²) in [5, 5.41) is 12.0. The Morgan fingerprint density at radius 3 is 2.71 bits per heavy atom. The number of anilines is 1. The summed E-state index contributed by atoms with van der Waals surface area (Å²) < 4.78 is 29.2. The van der Waals surface area contributed by atoms with Gasteiger partial charge in [0, 0.05) is 17.8 Å². The Hall–Kier alpha value is -2.61. The van der Waals surface area contributed by atoms with Gasteiger partial charge in [0.2, 0.25) is 0 Å². The summed E-state index contributed by atoms with van der Waals surface area (Å²) >= 11 is 0. The first kappa shape index (κ1) is 14.8. The number of rotatable bonds is 5. The molecule has 0 aliphatic heterocycles. The van der Waals surface area contributed by atoms with Crippen molar-refractivity contribution in [1.29, 1.82) is 5.26 Å². The molecular weight excluding hydrogens is 274 g/mol. The molecule has 0 fully saturated rings. The standard InChI is InChI=1S/C16H14F2N2O/c1-11-6-7-12(9-19)8-14(11)20-10-13-4-2-3-5-15(13)21-16(17)18/h2-8,16,20H,10H2,1H3. The summed E-state index contributed by atoms with van der Waals surface area (Å²) in [6, 6.07) is 14.0. The topological polar surface area (TPSA) is 45.0 Å². The van der Waals surface area contributed by atoms with E-state index in [1.807, 2.05) is 13.0 Å². The molecule has 21 heavy (non-hydrogen) atoms. The zero-order valence-electron chi connectivity index (χ0n) is 11.4. The molecule has 0 unspecified atom stereocenters. The molecule has 0 saturated carbocycles. The van der Waals surface area contributed by atoms with Crippen LogP contribution in [0, 0.1) is 18.3 Å². The molecule has 0 aliphatic rings. The van der Waals surface area contributed by atoms with Gasteiger partial charge in [0.25, 0.3) is 0 Å². The average molecular weight is 288 g/mol. The number of para-hydroxylation sites is 1. The number of halogens is 2. The summed E-state index contributed by atoms with van der Waals surface area (Å²) in [5.41, 5.74) is 2.93. The third-order valence-electron chi connectivity index (χ3n) is 3.02. The molecular formula is C16H14F2N2O. The summed E-state index contributed by atoms with van der Waals surface area (Å²) in [6.07, 6.45) is 0. The van der Waals surface area contributed by atoms with Gasteiger partial charge >= 0.3 is 6.61 Å². The Labute approximate surface area is 121 Å². The minimum absolute atomic E-state index is 0.147. The van der Waals surface area contributed by atoms with Gasteiger partial charge < -0.3 is 10.1 Å². The Morgan fingerprint density at radius 1 is 1.24 bits per heavy atom. The molecule has 108 valence electrons. The van der Waals surface area contributed by atoms with Gasteiger partial charge in [-0.3, -0.25) is 0 Å². The van der Waals surface area contributed by atoms with Crippen LogP contribution in [0.15, 0.2) is 42.5 Å². The number of aryl methyl sites for hydroxylation is 1. The Balaban J connectivity index is 2.15. The summed E-state index contributed by atoms with van der Waals surface area (Å²) in [5.74, 6) is 0.147. The molecule has 0 atom stereocenters. The minimum atomic E-state index is -2.85. The molecule has 0 amide bonds. The van der Waals surface area contributed by atoms with Crippen LogP contribution >= 0.6 is 0 Å². The van der Waals surface area contributed by atoms with Gasteiger partial charge in [0.15, 0.2) is 0 Å². The number of nitrogens with one attached hydrogen (secondary N) is 1. The van der Waals surface area contributed by atoms with E-state index in [1.165, 1.54) is 6.07 Å². The van der Waals surface area contributed by atoms with Gasteiger partial charge in [0.1, 0.15) is 5.75 Å². The lowest BCUT2D eigenvalue weighted by atomic mass is 10.1. The van der Waals surface area contributed by atoms with E-state index in [9.17, 15) is 8.78 Å². The first-order valence-corrected chi connectivity index (χ1v) is 6.37. The monoisotopic (exact) mass is 288 g/mol. The van der Waals surface area contributed by atoms with Gasteiger partial charge in [-0.1, -0.05) is 24.3 Å². The highest BCUT2D eigenvalue weighted by molar-refractivity contribution is 5.55. The van der Waals surface area contributed by atoms with E-state index in [0.717, 1.165) is 11.3 Å². The second-order valence-corrected chi connectivity index (χ2v) is 4.48. The maximum absolute atomic E-state index is 12.3. The highest BCUT2D eigenvalue weighted by atomic mass is 19.3. The number of benzene rings is 2. The van der Waals surface area contributed by atoms with Crippen molar-refractivity contribution in [2.75, 3.05) is 5.32 Å². The van der Waals surface area contributed by atoms with Crippen LogP contribution in [-0.2, 0) is 6.54 Å². The largest absolute Gasteiger partial charge is 0.434 e. The van der Waals surface area contributed by atoms with E-state index >= 15 is 0 Å². The zero-order chi connectivity index (χ0) is 15.2. The van der Waals surface area contributed by atoms with E-state index < -0.39 is 6.61 Å². The molecule has 5 heteroatoms. The quantitative estimate of drug-likeness (QED) is 0.901. The van der Waals surface area contributed by atoms with Crippen molar-refractivity contribution in [3.05, 3.63) is 59.2 Å². The fraction of sp³-hybridized carbons (Fsp3) is 0.188. The Kier molecular flexibility index (Phi) is 4.72. The van der Waals surface area contributed by atoms with Crippen molar-refractivity contribution in [2.24, 2.45) is 0 Å². The second kappa shape index (κ2) is 6.71. The predicted molar refractivity (Wildman–Crippen MR) is 76.3 cm³/mol. The van der Waals surface area contributed by atoms with Crippen LogP contribution in [-0.4, -0.2) is 6.61 Å². The number of hydrogen-bond acceptors (Lipinski definition) is 3. The van der Waals surface area contributed by atoms with Crippen LogP contribution in [0.1, 0.15) is 16.7 Å². The highest BCUT2D eigenvalue weighted by Crippen LogP contribution is 2.23. The van der Waals surface area contributed by atoms with Crippen molar-refractivity contribution < 1.29 is 13.5 Å². The summed E-state index contributed by atoms with van der Waals surface area (Å²) in [6.45, 7) is -0.612. The van der Waals surface area contributed by atoms with E-state index in [4.69, 9.17) is 5.26 Å². The SMILES string of the molecule is Cc1ccc(C#N)cc1NCc1ccccc1OC(F)F. The average Bonchev–Trinajstić information content (AvgIpc) is 2.47. The van der Waals surface area contributed by atoms with Crippen molar-refractivity contribution >= 4 is 5.69 Å². The van der Waals surface area contributed by atoms with E-state index in [-0.39, 0.29) is 5.75 Å². The Morgan fingerprint density at radius 2 is 2.00 bits per heavy atom. The molecule has 0 saturated heterocycles. The molecule has 0 bridgehead atoms. The summed E-state index contributed by atoms with van der Waals surface area (Å²) in [4.78, 5) is 0. The normalized spacial score (nSPS) is 10.2. The molecule has 2 aromatic rings. The van der Waals surface area contributed by atoms with Crippen LogP contribution in [0.2, 0.25) is 0 Å². The van der Waals surface area contributed by atoms with Crippen LogP contribution in [0.5, 0.6) is 5.75 Å². The molecule has 3 nitrogen and oxygen atoms in total. The fourth-order valence-electron chi connectivity index (χ4n) is 1.93. The summed E-state index contributed by atoms with van der Waals surface area (Å²) in [7, 11) is 0. The molecule has 1 N–H and O–H groups in total. The maximum Gasteiger partial charge on any atom is 0.387 e. The van der Waals surface area contributed by atoms with Gasteiger partial charge in [0.05, 0.1) is 11.6 Å². The van der Waals surface area contributed by atoms with Crippen LogP contribution in [0.25, 0.3) is 0 Å². The number of nitriles is 1. The molecule has 0 spiro atoms. The van der Waals surface area contributed by atoms with Crippen LogP contribution in [0.4, 0.5) is 14.5 Å².